The van der Waals surface area contributed by atoms with Crippen molar-refractivity contribution < 1.29 is 9.53 Å². The van der Waals surface area contributed by atoms with Gasteiger partial charge in [-0.2, -0.15) is 0 Å². The van der Waals surface area contributed by atoms with Gasteiger partial charge < -0.3 is 15.8 Å². The van der Waals surface area contributed by atoms with Crippen molar-refractivity contribution in [2.75, 3.05) is 20.3 Å². The minimum atomic E-state index is -0.574. The molecule has 0 fully saturated rings. The Labute approximate surface area is 90.2 Å². The predicted molar refractivity (Wildman–Crippen MR) is 59.3 cm³/mol. The fourth-order valence-corrected chi connectivity index (χ4v) is 1.39. The second-order valence-electron chi connectivity index (χ2n) is 3.57. The van der Waals surface area contributed by atoms with E-state index in [1.54, 1.807) is 0 Å². The maximum Gasteiger partial charge on any atom is 0.239 e. The minimum Gasteiger partial charge on any atom is -0.383 e. The van der Waals surface area contributed by atoms with Crippen molar-refractivity contribution in [2.45, 2.75) is 18.9 Å². The quantitative estimate of drug-likeness (QED) is 0.688. The zero-order chi connectivity index (χ0) is 11.1. The fourth-order valence-electron chi connectivity index (χ4n) is 1.39. The molecule has 1 amide bonds. The molecule has 0 aromatic rings. The molecule has 0 saturated carbocycles. The van der Waals surface area contributed by atoms with Crippen LogP contribution in [0.4, 0.5) is 0 Å². The summed E-state index contributed by atoms with van der Waals surface area (Å²) in [5, 5.41) is 2.79. The van der Waals surface area contributed by atoms with Crippen molar-refractivity contribution in [3.63, 3.8) is 0 Å². The Kier molecular flexibility index (Phi) is 5.07. The van der Waals surface area contributed by atoms with E-state index in [0.717, 1.165) is 12.8 Å². The summed E-state index contributed by atoms with van der Waals surface area (Å²) in [6, 6.07) is -0.574. The average molecular weight is 210 g/mol. The first-order valence-corrected chi connectivity index (χ1v) is 5.11. The first-order valence-electron chi connectivity index (χ1n) is 5.11. The van der Waals surface area contributed by atoms with Gasteiger partial charge in [-0.1, -0.05) is 23.8 Å². The number of hydrogen-bond acceptors (Lipinski definition) is 3. The van der Waals surface area contributed by atoms with Crippen LogP contribution < -0.4 is 11.1 Å². The number of carbonyl (C=O) groups excluding carboxylic acids is 1. The molecule has 1 aliphatic rings. The van der Waals surface area contributed by atoms with Crippen molar-refractivity contribution >= 4 is 5.91 Å². The van der Waals surface area contributed by atoms with E-state index in [2.05, 4.69) is 11.4 Å². The summed E-state index contributed by atoms with van der Waals surface area (Å²) in [5.74, 6) is -0.160. The Hall–Kier alpha value is -1.13. The number of carbonyl (C=O) groups is 1. The van der Waals surface area contributed by atoms with Crippen molar-refractivity contribution in [3.05, 3.63) is 23.8 Å². The largest absolute Gasteiger partial charge is 0.383 e. The number of nitrogens with one attached hydrogen (secondary N) is 1. The molecule has 0 unspecified atom stereocenters. The molecule has 1 atom stereocenters. The fraction of sp³-hybridized carbons (Fsp3) is 0.545. The van der Waals surface area contributed by atoms with Crippen LogP contribution in [0.2, 0.25) is 0 Å². The Morgan fingerprint density at radius 3 is 3.13 bits per heavy atom. The zero-order valence-electron chi connectivity index (χ0n) is 9.03. The number of methoxy groups -OCH3 is 1. The number of amides is 1. The lowest BCUT2D eigenvalue weighted by atomic mass is 10.1. The third-order valence-corrected chi connectivity index (χ3v) is 2.27. The molecule has 0 aromatic heterocycles. The number of nitrogens with two attached hydrogens (primary N) is 1. The van der Waals surface area contributed by atoms with Gasteiger partial charge in [-0.3, -0.25) is 4.79 Å². The van der Waals surface area contributed by atoms with E-state index in [1.807, 2.05) is 12.2 Å². The third-order valence-electron chi connectivity index (χ3n) is 2.27. The van der Waals surface area contributed by atoms with Gasteiger partial charge in [0.2, 0.25) is 5.91 Å². The van der Waals surface area contributed by atoms with Crippen LogP contribution in [0.5, 0.6) is 0 Å². The predicted octanol–water partition coefficient (Wildman–Crippen LogP) is 0.353. The third kappa shape index (κ3) is 4.27. The van der Waals surface area contributed by atoms with Crippen molar-refractivity contribution in [1.29, 1.82) is 0 Å². The highest BCUT2D eigenvalue weighted by molar-refractivity contribution is 5.81. The van der Waals surface area contributed by atoms with Crippen LogP contribution in [-0.4, -0.2) is 32.2 Å². The van der Waals surface area contributed by atoms with Crippen LogP contribution in [0.3, 0.4) is 0 Å². The molecule has 0 bridgehead atoms. The van der Waals surface area contributed by atoms with E-state index in [9.17, 15) is 4.79 Å². The van der Waals surface area contributed by atoms with Crippen LogP contribution in [-0.2, 0) is 9.53 Å². The smallest absolute Gasteiger partial charge is 0.239 e. The molecular weight excluding hydrogens is 192 g/mol. The number of ether oxygens (including phenoxy) is 1. The maximum absolute atomic E-state index is 11.4. The molecule has 4 heteroatoms. The normalized spacial score (nSPS) is 17.1. The van der Waals surface area contributed by atoms with Gasteiger partial charge in [-0.15, -0.1) is 0 Å². The highest BCUT2D eigenvalue weighted by atomic mass is 16.5. The molecule has 0 aliphatic heterocycles. The highest BCUT2D eigenvalue weighted by Crippen LogP contribution is 2.10. The summed E-state index contributed by atoms with van der Waals surface area (Å²) < 4.78 is 4.80. The van der Waals surface area contributed by atoms with E-state index in [4.69, 9.17) is 10.5 Å². The maximum atomic E-state index is 11.4. The van der Waals surface area contributed by atoms with E-state index >= 15 is 0 Å². The van der Waals surface area contributed by atoms with Crippen LogP contribution >= 0.6 is 0 Å². The van der Waals surface area contributed by atoms with Crippen LogP contribution in [0.1, 0.15) is 12.8 Å². The van der Waals surface area contributed by atoms with Crippen LogP contribution in [0, 0.1) is 0 Å². The Morgan fingerprint density at radius 1 is 1.73 bits per heavy atom. The molecule has 0 aromatic carbocycles. The molecule has 0 saturated heterocycles. The minimum absolute atomic E-state index is 0.160. The Morgan fingerprint density at radius 2 is 2.53 bits per heavy atom. The monoisotopic (exact) mass is 210 g/mol. The van der Waals surface area contributed by atoms with Gasteiger partial charge in [-0.05, 0) is 12.8 Å². The molecule has 0 heterocycles. The average Bonchev–Trinajstić information content (AvgIpc) is 2.27. The molecular formula is C11H18N2O2. The molecule has 3 N–H and O–H groups in total. The summed E-state index contributed by atoms with van der Waals surface area (Å²) in [4.78, 5) is 11.4. The van der Waals surface area contributed by atoms with E-state index < -0.39 is 6.04 Å². The topological polar surface area (TPSA) is 64.3 Å². The summed E-state index contributed by atoms with van der Waals surface area (Å²) in [7, 11) is 1.53. The number of allylic oxidation sites excluding steroid dienone is 3. The van der Waals surface area contributed by atoms with Gasteiger partial charge in [0.25, 0.3) is 0 Å². The lowest BCUT2D eigenvalue weighted by Crippen LogP contribution is -2.44. The lowest BCUT2D eigenvalue weighted by Gasteiger charge is -2.13. The number of rotatable bonds is 5. The summed E-state index contributed by atoms with van der Waals surface area (Å²) in [6.07, 6.45) is 8.22. The van der Waals surface area contributed by atoms with E-state index in [-0.39, 0.29) is 12.5 Å². The van der Waals surface area contributed by atoms with Gasteiger partial charge in [0.05, 0.1) is 6.61 Å². The van der Waals surface area contributed by atoms with Gasteiger partial charge in [0, 0.05) is 13.7 Å². The van der Waals surface area contributed by atoms with E-state index in [1.165, 1.54) is 12.7 Å². The first kappa shape index (κ1) is 11.9. The second kappa shape index (κ2) is 6.37. The summed E-state index contributed by atoms with van der Waals surface area (Å²) in [5.41, 5.74) is 6.80. The first-order chi connectivity index (χ1) is 7.24. The van der Waals surface area contributed by atoms with Crippen molar-refractivity contribution in [3.8, 4) is 0 Å². The number of hydrogen-bond donors (Lipinski definition) is 2. The SMILES string of the molecule is COC[C@@H](N)C(=O)NCC1=CC=CCC1. The molecule has 1 aliphatic carbocycles. The molecule has 1 rings (SSSR count). The molecule has 0 spiro atoms. The molecule has 84 valence electrons. The van der Waals surface area contributed by atoms with Crippen LogP contribution in [0.25, 0.3) is 0 Å². The zero-order valence-corrected chi connectivity index (χ0v) is 9.03. The summed E-state index contributed by atoms with van der Waals surface area (Å²) in [6.45, 7) is 0.839. The van der Waals surface area contributed by atoms with E-state index in [0.29, 0.717) is 6.54 Å². The lowest BCUT2D eigenvalue weighted by molar-refractivity contribution is -0.123. The van der Waals surface area contributed by atoms with Crippen LogP contribution in [0.15, 0.2) is 23.8 Å². The van der Waals surface area contributed by atoms with Gasteiger partial charge >= 0.3 is 0 Å². The van der Waals surface area contributed by atoms with Crippen molar-refractivity contribution in [2.24, 2.45) is 5.73 Å². The molecule has 4 nitrogen and oxygen atoms in total. The standard InChI is InChI=1S/C11H18N2O2/c1-15-8-10(12)11(14)13-7-9-5-3-2-4-6-9/h2-3,5,10H,4,6-8,12H2,1H3,(H,13,14)/t10-/m1/s1. The van der Waals surface area contributed by atoms with Gasteiger partial charge in [0.1, 0.15) is 6.04 Å². The second-order valence-corrected chi connectivity index (χ2v) is 3.57. The molecule has 0 radical (unpaired) electrons. The van der Waals surface area contributed by atoms with Gasteiger partial charge in [-0.25, -0.2) is 0 Å². The van der Waals surface area contributed by atoms with Gasteiger partial charge in [0.15, 0.2) is 0 Å². The summed E-state index contributed by atoms with van der Waals surface area (Å²) >= 11 is 0. The Bertz CT molecular complexity index is 272. The van der Waals surface area contributed by atoms with Crippen molar-refractivity contribution in [1.82, 2.24) is 5.32 Å². The highest BCUT2D eigenvalue weighted by Gasteiger charge is 2.12. The molecule has 15 heavy (non-hydrogen) atoms. The Balaban J connectivity index is 2.27.